The van der Waals surface area contributed by atoms with Gasteiger partial charge in [-0.2, -0.15) is 0 Å². The fourth-order valence-electron chi connectivity index (χ4n) is 2.24. The van der Waals surface area contributed by atoms with Crippen molar-refractivity contribution in [3.8, 4) is 0 Å². The highest BCUT2D eigenvalue weighted by Crippen LogP contribution is 2.10. The fraction of sp³-hybridized carbons (Fsp3) is 0.375. The lowest BCUT2D eigenvalue weighted by Crippen LogP contribution is -2.28. The molecule has 1 amide bonds. The molecule has 22 heavy (non-hydrogen) atoms. The molecule has 0 bridgehead atoms. The minimum Gasteiger partial charge on any atom is -0.356 e. The highest BCUT2D eigenvalue weighted by atomic mass is 79.9. The Bertz CT molecular complexity index is 701. The third-order valence-electron chi connectivity index (χ3n) is 3.70. The van der Waals surface area contributed by atoms with Crippen molar-refractivity contribution in [1.29, 1.82) is 0 Å². The molecule has 0 atom stereocenters. The van der Waals surface area contributed by atoms with Gasteiger partial charge in [-0.05, 0) is 38.0 Å². The van der Waals surface area contributed by atoms with Gasteiger partial charge < -0.3 is 10.3 Å². The van der Waals surface area contributed by atoms with Gasteiger partial charge in [0.25, 0.3) is 0 Å². The minimum atomic E-state index is -0.155. The molecular formula is C16H20BrN3O2. The number of nitrogens with zero attached hydrogens (tertiary/aromatic N) is 1. The molecule has 2 rings (SSSR count). The average molecular weight is 366 g/mol. The Morgan fingerprint density at radius 3 is 2.55 bits per heavy atom. The Morgan fingerprint density at radius 2 is 1.95 bits per heavy atom. The summed E-state index contributed by atoms with van der Waals surface area (Å²) in [7, 11) is 0. The molecule has 2 aromatic rings. The number of aromatic nitrogens is 2. The maximum atomic E-state index is 11.8. The fourth-order valence-corrected chi connectivity index (χ4v) is 2.51. The zero-order valence-corrected chi connectivity index (χ0v) is 14.4. The number of carbonyl (C=O) groups excluding carboxylic acids is 1. The van der Waals surface area contributed by atoms with Gasteiger partial charge in [0.15, 0.2) is 0 Å². The summed E-state index contributed by atoms with van der Waals surface area (Å²) in [5.41, 5.74) is 2.75. The maximum absolute atomic E-state index is 11.8. The topological polar surface area (TPSA) is 66.9 Å². The molecule has 118 valence electrons. The van der Waals surface area contributed by atoms with Crippen LogP contribution in [0.25, 0.3) is 0 Å². The van der Waals surface area contributed by atoms with Gasteiger partial charge in [-0.1, -0.05) is 28.1 Å². The Labute approximate surface area is 137 Å². The van der Waals surface area contributed by atoms with E-state index in [0.717, 1.165) is 22.3 Å². The lowest BCUT2D eigenvalue weighted by molar-refractivity contribution is -0.121. The number of rotatable bonds is 6. The second-order valence-electron chi connectivity index (χ2n) is 5.27. The van der Waals surface area contributed by atoms with Crippen LogP contribution in [0.15, 0.2) is 33.5 Å². The molecule has 1 aromatic carbocycles. The first-order valence-corrected chi connectivity index (χ1v) is 8.04. The lowest BCUT2D eigenvalue weighted by Gasteiger charge is -2.07. The van der Waals surface area contributed by atoms with E-state index in [0.29, 0.717) is 19.5 Å². The van der Waals surface area contributed by atoms with Gasteiger partial charge >= 0.3 is 5.69 Å². The molecule has 1 aromatic heterocycles. The molecule has 5 nitrogen and oxygen atoms in total. The van der Waals surface area contributed by atoms with Crippen molar-refractivity contribution in [2.45, 2.75) is 33.2 Å². The summed E-state index contributed by atoms with van der Waals surface area (Å²) in [4.78, 5) is 26.3. The number of amides is 1. The molecule has 1 heterocycles. The molecule has 0 unspecified atom stereocenters. The second kappa shape index (κ2) is 7.45. The van der Waals surface area contributed by atoms with E-state index >= 15 is 0 Å². The van der Waals surface area contributed by atoms with Gasteiger partial charge in [-0.3, -0.25) is 9.36 Å². The molecule has 0 aliphatic carbocycles. The lowest BCUT2D eigenvalue weighted by atomic mass is 10.1. The van der Waals surface area contributed by atoms with Crippen LogP contribution in [0, 0.1) is 13.8 Å². The van der Waals surface area contributed by atoms with Crippen molar-refractivity contribution in [3.05, 3.63) is 56.2 Å². The summed E-state index contributed by atoms with van der Waals surface area (Å²) in [5.74, 6) is -0.0396. The highest BCUT2D eigenvalue weighted by Gasteiger charge is 2.08. The molecule has 0 saturated heterocycles. The number of imidazole rings is 1. The van der Waals surface area contributed by atoms with Crippen LogP contribution in [-0.4, -0.2) is 22.0 Å². The van der Waals surface area contributed by atoms with E-state index in [1.165, 1.54) is 5.56 Å². The number of aromatic amines is 1. The number of hydrogen-bond donors (Lipinski definition) is 2. The van der Waals surface area contributed by atoms with E-state index in [2.05, 4.69) is 26.2 Å². The highest BCUT2D eigenvalue weighted by molar-refractivity contribution is 9.10. The van der Waals surface area contributed by atoms with Gasteiger partial charge in [0, 0.05) is 35.4 Å². The molecular weight excluding hydrogens is 346 g/mol. The van der Waals surface area contributed by atoms with E-state index in [1.807, 2.05) is 38.1 Å². The van der Waals surface area contributed by atoms with Gasteiger partial charge in [0.2, 0.25) is 5.91 Å². The van der Waals surface area contributed by atoms with Gasteiger partial charge in [0.05, 0.1) is 0 Å². The summed E-state index contributed by atoms with van der Waals surface area (Å²) < 4.78 is 2.65. The van der Waals surface area contributed by atoms with Crippen LogP contribution >= 0.6 is 15.9 Å². The first-order valence-electron chi connectivity index (χ1n) is 7.24. The third kappa shape index (κ3) is 4.34. The predicted octanol–water partition coefficient (Wildman–Crippen LogP) is 2.30. The number of hydrogen-bond acceptors (Lipinski definition) is 2. The normalized spacial score (nSPS) is 10.7. The van der Waals surface area contributed by atoms with Gasteiger partial charge in [-0.25, -0.2) is 4.79 Å². The molecule has 0 saturated carbocycles. The van der Waals surface area contributed by atoms with Crippen molar-refractivity contribution >= 4 is 21.8 Å². The molecule has 0 spiro atoms. The number of benzene rings is 1. The summed E-state index contributed by atoms with van der Waals surface area (Å²) >= 11 is 3.39. The minimum absolute atomic E-state index is 0.0396. The van der Waals surface area contributed by atoms with E-state index < -0.39 is 0 Å². The van der Waals surface area contributed by atoms with E-state index in [1.54, 1.807) is 4.57 Å². The van der Waals surface area contributed by atoms with Crippen molar-refractivity contribution in [2.24, 2.45) is 0 Å². The van der Waals surface area contributed by atoms with E-state index in [-0.39, 0.29) is 11.6 Å². The largest absolute Gasteiger partial charge is 0.356 e. The third-order valence-corrected chi connectivity index (χ3v) is 4.23. The molecule has 0 aliphatic rings. The summed E-state index contributed by atoms with van der Waals surface area (Å²) in [6, 6.07) is 8.03. The summed E-state index contributed by atoms with van der Waals surface area (Å²) in [6.07, 6.45) is 1.10. The number of aryl methyl sites for hydroxylation is 1. The van der Waals surface area contributed by atoms with Crippen molar-refractivity contribution < 1.29 is 4.79 Å². The van der Waals surface area contributed by atoms with Crippen molar-refractivity contribution in [3.63, 3.8) is 0 Å². The maximum Gasteiger partial charge on any atom is 0.325 e. The SMILES string of the molecule is Cc1[nH]c(=O)n(CCC(=O)NCCc2ccc(Br)cc2)c1C. The second-order valence-corrected chi connectivity index (χ2v) is 6.18. The number of H-pyrrole nitrogens is 1. The Kier molecular flexibility index (Phi) is 5.60. The van der Waals surface area contributed by atoms with Crippen LogP contribution in [0.3, 0.4) is 0 Å². The molecule has 6 heteroatoms. The smallest absolute Gasteiger partial charge is 0.325 e. The molecule has 0 fully saturated rings. The predicted molar refractivity (Wildman–Crippen MR) is 90.0 cm³/mol. The van der Waals surface area contributed by atoms with Crippen LogP contribution in [0.5, 0.6) is 0 Å². The van der Waals surface area contributed by atoms with E-state index in [4.69, 9.17) is 0 Å². The first kappa shape index (κ1) is 16.5. The van der Waals surface area contributed by atoms with Crippen LogP contribution in [0.4, 0.5) is 0 Å². The Hall–Kier alpha value is -1.82. The van der Waals surface area contributed by atoms with Crippen molar-refractivity contribution in [1.82, 2.24) is 14.9 Å². The summed E-state index contributed by atoms with van der Waals surface area (Å²) in [5, 5.41) is 2.89. The number of nitrogens with one attached hydrogen (secondary N) is 2. The quantitative estimate of drug-likeness (QED) is 0.824. The molecule has 0 radical (unpaired) electrons. The first-order chi connectivity index (χ1) is 10.5. The summed E-state index contributed by atoms with van der Waals surface area (Å²) in [6.45, 7) is 4.73. The Morgan fingerprint density at radius 1 is 1.27 bits per heavy atom. The van der Waals surface area contributed by atoms with Crippen LogP contribution in [0.1, 0.15) is 23.4 Å². The van der Waals surface area contributed by atoms with Gasteiger partial charge in [-0.15, -0.1) is 0 Å². The van der Waals surface area contributed by atoms with Crippen molar-refractivity contribution in [2.75, 3.05) is 6.54 Å². The van der Waals surface area contributed by atoms with E-state index in [9.17, 15) is 9.59 Å². The standard InChI is InChI=1S/C16H20BrN3O2/c1-11-12(2)20(16(22)19-11)10-8-15(21)18-9-7-13-3-5-14(17)6-4-13/h3-6H,7-10H2,1-2H3,(H,18,21)(H,19,22). The van der Waals surface area contributed by atoms with Crippen LogP contribution in [-0.2, 0) is 17.8 Å². The number of halogens is 1. The zero-order chi connectivity index (χ0) is 16.1. The van der Waals surface area contributed by atoms with Gasteiger partial charge in [0.1, 0.15) is 0 Å². The zero-order valence-electron chi connectivity index (χ0n) is 12.8. The van der Waals surface area contributed by atoms with Crippen LogP contribution in [0.2, 0.25) is 0 Å². The molecule has 2 N–H and O–H groups in total. The van der Waals surface area contributed by atoms with Crippen LogP contribution < -0.4 is 11.0 Å². The number of carbonyl (C=O) groups is 1. The molecule has 0 aliphatic heterocycles. The average Bonchev–Trinajstić information content (AvgIpc) is 2.72. The Balaban J connectivity index is 1.76. The monoisotopic (exact) mass is 365 g/mol.